The van der Waals surface area contributed by atoms with Crippen LogP contribution in [0.1, 0.15) is 22.7 Å². The van der Waals surface area contributed by atoms with Crippen molar-refractivity contribution >= 4 is 11.7 Å². The van der Waals surface area contributed by atoms with Crippen molar-refractivity contribution in [1.29, 1.82) is 0 Å². The first kappa shape index (κ1) is 15.3. The molecule has 25 heavy (non-hydrogen) atoms. The van der Waals surface area contributed by atoms with Crippen molar-refractivity contribution in [2.75, 3.05) is 5.73 Å². The molecule has 0 unspecified atom stereocenters. The number of benzene rings is 1. The summed E-state index contributed by atoms with van der Waals surface area (Å²) in [5.41, 5.74) is 6.89. The standard InChI is InChI=1S/C17H17N7O/c18-15-14(19-8-9-20-15)17(25)21-12-6-7-13-22-23-16(24(13)10-12)11-4-2-1-3-5-11/h1-5,8-9,12H,6-7,10H2,(H2,18,20)(H,21,25)/t12-/m0/s1. The molecule has 0 spiro atoms. The molecule has 0 aliphatic carbocycles. The van der Waals surface area contributed by atoms with Gasteiger partial charge in [-0.1, -0.05) is 30.3 Å². The lowest BCUT2D eigenvalue weighted by Crippen LogP contribution is -2.41. The number of nitrogen functional groups attached to an aromatic ring is 1. The number of nitrogens with one attached hydrogen (secondary N) is 1. The maximum atomic E-state index is 12.4. The van der Waals surface area contributed by atoms with Crippen LogP contribution >= 0.6 is 0 Å². The number of nitrogens with zero attached hydrogens (tertiary/aromatic N) is 5. The highest BCUT2D eigenvalue weighted by molar-refractivity contribution is 5.96. The van der Waals surface area contributed by atoms with Crippen LogP contribution in [0.4, 0.5) is 5.82 Å². The number of aryl methyl sites for hydroxylation is 1. The fraction of sp³-hybridized carbons (Fsp3) is 0.235. The molecule has 0 saturated heterocycles. The van der Waals surface area contributed by atoms with Crippen LogP contribution in [-0.2, 0) is 13.0 Å². The first-order valence-electron chi connectivity index (χ1n) is 8.07. The van der Waals surface area contributed by atoms with Gasteiger partial charge in [-0.2, -0.15) is 0 Å². The van der Waals surface area contributed by atoms with Gasteiger partial charge in [0.1, 0.15) is 5.82 Å². The Bertz CT molecular complexity index is 906. The van der Waals surface area contributed by atoms with Crippen molar-refractivity contribution < 1.29 is 4.79 Å². The van der Waals surface area contributed by atoms with E-state index in [0.717, 1.165) is 30.1 Å². The lowest BCUT2D eigenvalue weighted by molar-refractivity contribution is 0.0923. The summed E-state index contributed by atoms with van der Waals surface area (Å²) in [7, 11) is 0. The number of fused-ring (bicyclic) bond motifs is 1. The molecule has 2 aromatic heterocycles. The Labute approximate surface area is 144 Å². The van der Waals surface area contributed by atoms with Crippen LogP contribution in [0.15, 0.2) is 42.7 Å². The molecular formula is C17H17N7O. The molecule has 3 N–H and O–H groups in total. The molecule has 0 bridgehead atoms. The minimum Gasteiger partial charge on any atom is -0.382 e. The number of hydrogen-bond donors (Lipinski definition) is 2. The van der Waals surface area contributed by atoms with Gasteiger partial charge in [0.05, 0.1) is 0 Å². The van der Waals surface area contributed by atoms with E-state index in [2.05, 4.69) is 30.0 Å². The van der Waals surface area contributed by atoms with E-state index in [0.29, 0.717) is 6.54 Å². The number of rotatable bonds is 3. The average Bonchev–Trinajstić information content (AvgIpc) is 3.06. The second-order valence-electron chi connectivity index (χ2n) is 5.92. The van der Waals surface area contributed by atoms with E-state index in [9.17, 15) is 4.79 Å². The summed E-state index contributed by atoms with van der Waals surface area (Å²) in [4.78, 5) is 20.3. The lowest BCUT2D eigenvalue weighted by atomic mass is 10.1. The van der Waals surface area contributed by atoms with Crippen molar-refractivity contribution in [3.63, 3.8) is 0 Å². The molecule has 1 amide bonds. The minimum atomic E-state index is -0.312. The van der Waals surface area contributed by atoms with E-state index >= 15 is 0 Å². The summed E-state index contributed by atoms with van der Waals surface area (Å²) in [6.07, 6.45) is 4.46. The maximum absolute atomic E-state index is 12.4. The molecule has 1 aliphatic heterocycles. The van der Waals surface area contributed by atoms with Gasteiger partial charge in [0.15, 0.2) is 17.3 Å². The molecule has 0 saturated carbocycles. The normalized spacial score (nSPS) is 16.2. The Morgan fingerprint density at radius 3 is 2.76 bits per heavy atom. The third-order valence-electron chi connectivity index (χ3n) is 4.26. The third kappa shape index (κ3) is 2.93. The zero-order chi connectivity index (χ0) is 17.2. The first-order valence-corrected chi connectivity index (χ1v) is 8.07. The highest BCUT2D eigenvalue weighted by Crippen LogP contribution is 2.23. The summed E-state index contributed by atoms with van der Waals surface area (Å²) < 4.78 is 2.06. The van der Waals surface area contributed by atoms with Crippen molar-refractivity contribution in [3.05, 3.63) is 54.2 Å². The van der Waals surface area contributed by atoms with Crippen molar-refractivity contribution in [3.8, 4) is 11.4 Å². The Balaban J connectivity index is 1.54. The number of carbonyl (C=O) groups is 1. The van der Waals surface area contributed by atoms with Crippen LogP contribution in [0.2, 0.25) is 0 Å². The average molecular weight is 335 g/mol. The molecular weight excluding hydrogens is 318 g/mol. The first-order chi connectivity index (χ1) is 12.2. The van der Waals surface area contributed by atoms with Gasteiger partial charge < -0.3 is 15.6 Å². The summed E-state index contributed by atoms with van der Waals surface area (Å²) in [6.45, 7) is 0.610. The molecule has 0 fully saturated rings. The van der Waals surface area contributed by atoms with E-state index in [-0.39, 0.29) is 23.5 Å². The molecule has 8 nitrogen and oxygen atoms in total. The molecule has 8 heteroatoms. The van der Waals surface area contributed by atoms with E-state index in [1.165, 1.54) is 12.4 Å². The quantitative estimate of drug-likeness (QED) is 0.740. The van der Waals surface area contributed by atoms with E-state index in [1.807, 2.05) is 30.3 Å². The molecule has 1 atom stereocenters. The Morgan fingerprint density at radius 1 is 1.16 bits per heavy atom. The summed E-state index contributed by atoms with van der Waals surface area (Å²) in [5.74, 6) is 1.57. The van der Waals surface area contributed by atoms with Gasteiger partial charge in [-0.15, -0.1) is 10.2 Å². The van der Waals surface area contributed by atoms with Crippen LogP contribution in [0.3, 0.4) is 0 Å². The summed E-state index contributed by atoms with van der Waals surface area (Å²) >= 11 is 0. The highest BCUT2D eigenvalue weighted by atomic mass is 16.2. The lowest BCUT2D eigenvalue weighted by Gasteiger charge is -2.25. The molecule has 3 heterocycles. The van der Waals surface area contributed by atoms with Crippen LogP contribution in [0, 0.1) is 0 Å². The second kappa shape index (κ2) is 6.31. The summed E-state index contributed by atoms with van der Waals surface area (Å²) in [5, 5.41) is 11.6. The van der Waals surface area contributed by atoms with Gasteiger partial charge in [-0.25, -0.2) is 9.97 Å². The largest absolute Gasteiger partial charge is 0.382 e. The number of anilines is 1. The fourth-order valence-electron chi connectivity index (χ4n) is 3.02. The predicted octanol–water partition coefficient (Wildman–Crippen LogP) is 1.06. The number of aromatic nitrogens is 5. The van der Waals surface area contributed by atoms with Gasteiger partial charge in [0.2, 0.25) is 0 Å². The zero-order valence-electron chi connectivity index (χ0n) is 13.5. The topological polar surface area (TPSA) is 112 Å². The van der Waals surface area contributed by atoms with Crippen LogP contribution in [0.25, 0.3) is 11.4 Å². The highest BCUT2D eigenvalue weighted by Gasteiger charge is 2.25. The molecule has 0 radical (unpaired) electrons. The fourth-order valence-corrected chi connectivity index (χ4v) is 3.02. The smallest absolute Gasteiger partial charge is 0.273 e. The minimum absolute atomic E-state index is 0.0418. The van der Waals surface area contributed by atoms with Gasteiger partial charge in [0.25, 0.3) is 5.91 Å². The monoisotopic (exact) mass is 335 g/mol. The van der Waals surface area contributed by atoms with E-state index < -0.39 is 0 Å². The maximum Gasteiger partial charge on any atom is 0.273 e. The van der Waals surface area contributed by atoms with Crippen LogP contribution in [0.5, 0.6) is 0 Å². The molecule has 1 aliphatic rings. The van der Waals surface area contributed by atoms with Crippen LogP contribution in [-0.4, -0.2) is 36.7 Å². The van der Waals surface area contributed by atoms with Crippen molar-refractivity contribution in [1.82, 2.24) is 30.0 Å². The molecule has 1 aromatic carbocycles. The molecule has 4 rings (SSSR count). The second-order valence-corrected chi connectivity index (χ2v) is 5.92. The number of carbonyl (C=O) groups excluding carboxylic acids is 1. The van der Waals surface area contributed by atoms with E-state index in [4.69, 9.17) is 5.73 Å². The predicted molar refractivity (Wildman–Crippen MR) is 91.5 cm³/mol. The Hall–Kier alpha value is -3.29. The number of nitrogens with two attached hydrogens (primary N) is 1. The van der Waals surface area contributed by atoms with Gasteiger partial charge in [0, 0.05) is 37.0 Å². The Kier molecular flexibility index (Phi) is 3.85. The van der Waals surface area contributed by atoms with Crippen LogP contribution < -0.4 is 11.1 Å². The van der Waals surface area contributed by atoms with Gasteiger partial charge in [-0.05, 0) is 6.42 Å². The third-order valence-corrected chi connectivity index (χ3v) is 4.26. The van der Waals surface area contributed by atoms with E-state index in [1.54, 1.807) is 0 Å². The van der Waals surface area contributed by atoms with Gasteiger partial charge in [-0.3, -0.25) is 4.79 Å². The zero-order valence-corrected chi connectivity index (χ0v) is 13.5. The summed E-state index contributed by atoms with van der Waals surface area (Å²) in [6, 6.07) is 9.86. The van der Waals surface area contributed by atoms with Crippen molar-refractivity contribution in [2.24, 2.45) is 0 Å². The van der Waals surface area contributed by atoms with Crippen molar-refractivity contribution in [2.45, 2.75) is 25.4 Å². The Morgan fingerprint density at radius 2 is 1.96 bits per heavy atom. The molecule has 126 valence electrons. The molecule has 3 aromatic rings. The SMILES string of the molecule is Nc1nccnc1C(=O)N[C@H]1CCc2nnc(-c3ccccc3)n2C1. The number of amides is 1. The van der Waals surface area contributed by atoms with Gasteiger partial charge >= 0.3 is 0 Å². The number of hydrogen-bond acceptors (Lipinski definition) is 6.